The zero-order valence-corrected chi connectivity index (χ0v) is 16.6. The smallest absolute Gasteiger partial charge is 0.0697 e. The van der Waals surface area contributed by atoms with E-state index in [0.717, 1.165) is 37.1 Å². The molecule has 1 aliphatic rings. The predicted molar refractivity (Wildman–Crippen MR) is 110 cm³/mol. The standard InChI is InChI=1S/C23H30ClNO/c1-25(2)22(19-10-4-3-5-11-19)21-13-6-7-15-23(21,26)16-14-18-9-8-12-20(24)17-18/h3-5,8-12,17,21-22,26H,6-7,13-16H2,1-2H3. The predicted octanol–water partition coefficient (Wildman–Crippen LogP) is 5.50. The fourth-order valence-electron chi connectivity index (χ4n) is 4.61. The molecule has 0 saturated heterocycles. The molecule has 0 aliphatic heterocycles. The lowest BCUT2D eigenvalue weighted by Crippen LogP contribution is -2.47. The molecular weight excluding hydrogens is 342 g/mol. The molecule has 1 N–H and O–H groups in total. The van der Waals surface area contributed by atoms with Gasteiger partial charge in [0.15, 0.2) is 0 Å². The fraction of sp³-hybridized carbons (Fsp3) is 0.478. The van der Waals surface area contributed by atoms with Crippen molar-refractivity contribution in [2.45, 2.75) is 50.2 Å². The van der Waals surface area contributed by atoms with Gasteiger partial charge in [-0.25, -0.2) is 0 Å². The van der Waals surface area contributed by atoms with Crippen LogP contribution in [0.1, 0.15) is 49.3 Å². The summed E-state index contributed by atoms with van der Waals surface area (Å²) in [5.74, 6) is 0.243. The van der Waals surface area contributed by atoms with E-state index in [2.05, 4.69) is 55.4 Å². The Morgan fingerprint density at radius 1 is 1.12 bits per heavy atom. The number of aryl methyl sites for hydroxylation is 1. The number of rotatable bonds is 6. The van der Waals surface area contributed by atoms with Gasteiger partial charge in [0.05, 0.1) is 5.60 Å². The van der Waals surface area contributed by atoms with E-state index in [4.69, 9.17) is 11.6 Å². The van der Waals surface area contributed by atoms with E-state index in [9.17, 15) is 5.11 Å². The summed E-state index contributed by atoms with van der Waals surface area (Å²) in [5.41, 5.74) is 1.87. The van der Waals surface area contributed by atoms with E-state index in [1.807, 2.05) is 18.2 Å². The number of hydrogen-bond acceptors (Lipinski definition) is 2. The molecule has 0 aromatic heterocycles. The quantitative estimate of drug-likeness (QED) is 0.725. The average molecular weight is 372 g/mol. The summed E-state index contributed by atoms with van der Waals surface area (Å²) in [7, 11) is 4.26. The van der Waals surface area contributed by atoms with Gasteiger partial charge in [0.25, 0.3) is 0 Å². The summed E-state index contributed by atoms with van der Waals surface area (Å²) in [5, 5.41) is 12.5. The van der Waals surface area contributed by atoms with E-state index >= 15 is 0 Å². The summed E-state index contributed by atoms with van der Waals surface area (Å²) in [4.78, 5) is 2.27. The van der Waals surface area contributed by atoms with Crippen molar-refractivity contribution in [3.63, 3.8) is 0 Å². The minimum Gasteiger partial charge on any atom is -0.390 e. The second-order valence-electron chi connectivity index (χ2n) is 7.90. The summed E-state index contributed by atoms with van der Waals surface area (Å²) < 4.78 is 0. The van der Waals surface area contributed by atoms with Crippen molar-refractivity contribution in [3.05, 3.63) is 70.7 Å². The molecule has 3 unspecified atom stereocenters. The minimum absolute atomic E-state index is 0.237. The van der Waals surface area contributed by atoms with Crippen LogP contribution in [0.25, 0.3) is 0 Å². The summed E-state index contributed by atoms with van der Waals surface area (Å²) in [6.45, 7) is 0. The molecule has 2 aromatic rings. The van der Waals surface area contributed by atoms with Gasteiger partial charge in [0.1, 0.15) is 0 Å². The van der Waals surface area contributed by atoms with Crippen LogP contribution in [0.3, 0.4) is 0 Å². The first-order chi connectivity index (χ1) is 12.5. The van der Waals surface area contributed by atoms with Gasteiger partial charge in [-0.2, -0.15) is 0 Å². The average Bonchev–Trinajstić information content (AvgIpc) is 2.63. The molecule has 1 saturated carbocycles. The van der Waals surface area contributed by atoms with Crippen molar-refractivity contribution in [2.75, 3.05) is 14.1 Å². The summed E-state index contributed by atoms with van der Waals surface area (Å²) in [6.07, 6.45) is 5.91. The number of hydrogen-bond donors (Lipinski definition) is 1. The molecule has 3 heteroatoms. The van der Waals surface area contributed by atoms with Gasteiger partial charge in [-0.05, 0) is 63.0 Å². The highest BCUT2D eigenvalue weighted by molar-refractivity contribution is 6.30. The number of halogens is 1. The molecular formula is C23H30ClNO. The molecule has 0 radical (unpaired) electrons. The van der Waals surface area contributed by atoms with Gasteiger partial charge >= 0.3 is 0 Å². The Labute approximate surface area is 162 Å². The van der Waals surface area contributed by atoms with Crippen molar-refractivity contribution in [1.82, 2.24) is 4.90 Å². The zero-order valence-electron chi connectivity index (χ0n) is 15.9. The highest BCUT2D eigenvalue weighted by Crippen LogP contribution is 2.45. The SMILES string of the molecule is CN(C)C(c1ccccc1)C1CCCCC1(O)CCc1cccc(Cl)c1. The van der Waals surface area contributed by atoms with Crippen LogP contribution in [0.2, 0.25) is 5.02 Å². The third-order valence-corrected chi connectivity index (χ3v) is 6.11. The molecule has 3 atom stereocenters. The molecule has 3 rings (SSSR count). The van der Waals surface area contributed by atoms with Gasteiger partial charge < -0.3 is 10.0 Å². The number of aliphatic hydroxyl groups is 1. The highest BCUT2D eigenvalue weighted by Gasteiger charge is 2.43. The number of benzene rings is 2. The molecule has 0 bridgehead atoms. The second-order valence-corrected chi connectivity index (χ2v) is 8.34. The monoisotopic (exact) mass is 371 g/mol. The van der Waals surface area contributed by atoms with Crippen molar-refractivity contribution in [1.29, 1.82) is 0 Å². The normalized spacial score (nSPS) is 24.6. The first-order valence-corrected chi connectivity index (χ1v) is 10.1. The molecule has 0 spiro atoms. The van der Waals surface area contributed by atoms with Crippen molar-refractivity contribution in [2.24, 2.45) is 5.92 Å². The van der Waals surface area contributed by atoms with Crippen LogP contribution < -0.4 is 0 Å². The fourth-order valence-corrected chi connectivity index (χ4v) is 4.82. The lowest BCUT2D eigenvalue weighted by Gasteiger charge is -2.46. The van der Waals surface area contributed by atoms with E-state index in [-0.39, 0.29) is 12.0 Å². The molecule has 140 valence electrons. The zero-order chi connectivity index (χ0) is 18.6. The Bertz CT molecular complexity index is 702. The maximum absolute atomic E-state index is 11.7. The lowest BCUT2D eigenvalue weighted by molar-refractivity contribution is -0.0828. The number of nitrogens with zero attached hydrogens (tertiary/aromatic N) is 1. The van der Waals surface area contributed by atoms with Crippen molar-refractivity contribution in [3.8, 4) is 0 Å². The van der Waals surface area contributed by atoms with Crippen LogP contribution in [-0.4, -0.2) is 29.7 Å². The lowest BCUT2D eigenvalue weighted by atomic mass is 9.67. The van der Waals surface area contributed by atoms with Crippen LogP contribution >= 0.6 is 11.6 Å². The van der Waals surface area contributed by atoms with Gasteiger partial charge in [0, 0.05) is 17.0 Å². The molecule has 1 aliphatic carbocycles. The molecule has 1 fully saturated rings. The first-order valence-electron chi connectivity index (χ1n) is 9.68. The maximum Gasteiger partial charge on any atom is 0.0697 e. The Hall–Kier alpha value is -1.35. The van der Waals surface area contributed by atoms with Crippen LogP contribution in [0.4, 0.5) is 0 Å². The Morgan fingerprint density at radius 2 is 1.88 bits per heavy atom. The van der Waals surface area contributed by atoms with Crippen LogP contribution in [-0.2, 0) is 6.42 Å². The molecule has 0 heterocycles. The van der Waals surface area contributed by atoms with Crippen LogP contribution in [0.15, 0.2) is 54.6 Å². The van der Waals surface area contributed by atoms with Gasteiger partial charge in [-0.15, -0.1) is 0 Å². The third-order valence-electron chi connectivity index (χ3n) is 5.88. The van der Waals surface area contributed by atoms with Gasteiger partial charge in [-0.1, -0.05) is 66.9 Å². The molecule has 0 amide bonds. The molecule has 2 aromatic carbocycles. The largest absolute Gasteiger partial charge is 0.390 e. The maximum atomic E-state index is 11.7. The van der Waals surface area contributed by atoms with Crippen LogP contribution in [0.5, 0.6) is 0 Å². The summed E-state index contributed by atoms with van der Waals surface area (Å²) in [6, 6.07) is 18.9. The highest BCUT2D eigenvalue weighted by atomic mass is 35.5. The minimum atomic E-state index is -0.634. The Kier molecular flexibility index (Phi) is 6.39. The van der Waals surface area contributed by atoms with E-state index in [1.54, 1.807) is 0 Å². The van der Waals surface area contributed by atoms with Gasteiger partial charge in [0.2, 0.25) is 0 Å². The Morgan fingerprint density at radius 3 is 2.58 bits per heavy atom. The van der Waals surface area contributed by atoms with Crippen LogP contribution in [0, 0.1) is 5.92 Å². The Balaban J connectivity index is 1.83. The topological polar surface area (TPSA) is 23.5 Å². The second kappa shape index (κ2) is 8.56. The van der Waals surface area contributed by atoms with E-state index in [0.29, 0.717) is 0 Å². The van der Waals surface area contributed by atoms with E-state index < -0.39 is 5.60 Å². The molecule has 26 heavy (non-hydrogen) atoms. The summed E-state index contributed by atoms with van der Waals surface area (Å²) >= 11 is 6.13. The van der Waals surface area contributed by atoms with Gasteiger partial charge in [-0.3, -0.25) is 0 Å². The van der Waals surface area contributed by atoms with E-state index in [1.165, 1.54) is 17.5 Å². The van der Waals surface area contributed by atoms with Crippen molar-refractivity contribution < 1.29 is 5.11 Å². The van der Waals surface area contributed by atoms with Crippen molar-refractivity contribution >= 4 is 11.6 Å². The third kappa shape index (κ3) is 4.49. The molecule has 2 nitrogen and oxygen atoms in total. The first kappa shape index (κ1) is 19.4.